The van der Waals surface area contributed by atoms with E-state index in [2.05, 4.69) is 0 Å². The molecule has 0 bridgehead atoms. The highest BCUT2D eigenvalue weighted by Crippen LogP contribution is 2.22. The molecule has 1 aromatic rings. The number of rotatable bonds is 7. The third-order valence-corrected chi connectivity index (χ3v) is 5.18. The Balaban J connectivity index is 3.22. The van der Waals surface area contributed by atoms with E-state index in [1.807, 2.05) is 25.9 Å². The number of hydrogen-bond acceptors (Lipinski definition) is 4. The van der Waals surface area contributed by atoms with Gasteiger partial charge in [-0.25, -0.2) is 13.2 Å². The average molecular weight is 314 g/mol. The lowest BCUT2D eigenvalue weighted by Crippen LogP contribution is -2.34. The number of aryl methyl sites for hydroxylation is 1. The molecule has 0 aromatic heterocycles. The molecule has 6 nitrogen and oxygen atoms in total. The van der Waals surface area contributed by atoms with Crippen molar-refractivity contribution in [1.29, 1.82) is 0 Å². The maximum absolute atomic E-state index is 12.6. The lowest BCUT2D eigenvalue weighted by molar-refractivity contribution is 0.0696. The molecular weight excluding hydrogens is 292 g/mol. The summed E-state index contributed by atoms with van der Waals surface area (Å²) in [5, 5.41) is 9.04. The molecule has 7 heteroatoms. The Kier molecular flexibility index (Phi) is 5.88. The molecule has 0 aliphatic heterocycles. The fourth-order valence-corrected chi connectivity index (χ4v) is 3.33. The topological polar surface area (TPSA) is 77.9 Å². The molecule has 1 aromatic carbocycles. The summed E-state index contributed by atoms with van der Waals surface area (Å²) in [6.45, 7) is 2.78. The quantitative estimate of drug-likeness (QED) is 0.816. The molecule has 21 heavy (non-hydrogen) atoms. The first kappa shape index (κ1) is 17.6. The predicted molar refractivity (Wildman–Crippen MR) is 81.1 cm³/mol. The van der Waals surface area contributed by atoms with Gasteiger partial charge in [0.25, 0.3) is 0 Å². The Labute approximate surface area is 126 Å². The second-order valence-corrected chi connectivity index (χ2v) is 7.12. The summed E-state index contributed by atoms with van der Waals surface area (Å²) < 4.78 is 26.5. The van der Waals surface area contributed by atoms with E-state index in [0.29, 0.717) is 25.1 Å². The van der Waals surface area contributed by atoms with E-state index in [4.69, 9.17) is 5.11 Å². The number of aromatic carboxylic acids is 1. The third-order valence-electron chi connectivity index (χ3n) is 3.25. The normalized spacial score (nSPS) is 12.1. The van der Waals surface area contributed by atoms with Crippen LogP contribution in [0.5, 0.6) is 0 Å². The average Bonchev–Trinajstić information content (AvgIpc) is 2.43. The lowest BCUT2D eigenvalue weighted by atomic mass is 10.1. The van der Waals surface area contributed by atoms with Gasteiger partial charge in [0.1, 0.15) is 0 Å². The maximum atomic E-state index is 12.6. The second-order valence-electron chi connectivity index (χ2n) is 5.11. The van der Waals surface area contributed by atoms with Gasteiger partial charge in [-0.15, -0.1) is 0 Å². The molecule has 118 valence electrons. The van der Waals surface area contributed by atoms with Crippen LogP contribution in [0.4, 0.5) is 0 Å². The van der Waals surface area contributed by atoms with Crippen LogP contribution < -0.4 is 0 Å². The number of nitrogens with zero attached hydrogens (tertiary/aromatic N) is 2. The van der Waals surface area contributed by atoms with Crippen LogP contribution in [-0.2, 0) is 16.4 Å². The zero-order valence-corrected chi connectivity index (χ0v) is 13.6. The minimum Gasteiger partial charge on any atom is -0.478 e. The van der Waals surface area contributed by atoms with Gasteiger partial charge in [0, 0.05) is 20.1 Å². The first-order chi connectivity index (χ1) is 9.70. The largest absolute Gasteiger partial charge is 0.478 e. The highest BCUT2D eigenvalue weighted by atomic mass is 32.2. The van der Waals surface area contributed by atoms with Crippen molar-refractivity contribution in [3.63, 3.8) is 0 Å². The van der Waals surface area contributed by atoms with Gasteiger partial charge in [-0.3, -0.25) is 0 Å². The van der Waals surface area contributed by atoms with Gasteiger partial charge in [-0.05, 0) is 38.2 Å². The minimum atomic E-state index is -3.69. The Morgan fingerprint density at radius 1 is 1.19 bits per heavy atom. The van der Waals surface area contributed by atoms with Crippen LogP contribution in [0.25, 0.3) is 0 Å². The van der Waals surface area contributed by atoms with E-state index in [1.54, 1.807) is 6.07 Å². The van der Waals surface area contributed by atoms with Crippen molar-refractivity contribution in [2.75, 3.05) is 34.2 Å². The molecule has 0 unspecified atom stereocenters. The van der Waals surface area contributed by atoms with Crippen LogP contribution in [0.3, 0.4) is 0 Å². The van der Waals surface area contributed by atoms with E-state index in [9.17, 15) is 13.2 Å². The highest BCUT2D eigenvalue weighted by molar-refractivity contribution is 7.89. The van der Waals surface area contributed by atoms with E-state index in [1.165, 1.54) is 23.5 Å². The van der Waals surface area contributed by atoms with Gasteiger partial charge in [0.05, 0.1) is 10.5 Å². The zero-order chi connectivity index (χ0) is 16.2. The minimum absolute atomic E-state index is 0.0215. The van der Waals surface area contributed by atoms with E-state index < -0.39 is 16.0 Å². The molecule has 0 spiro atoms. The van der Waals surface area contributed by atoms with Gasteiger partial charge in [0.2, 0.25) is 10.0 Å². The SMILES string of the molecule is CCc1ccc(C(=O)O)cc1S(=O)(=O)N(C)CCN(C)C. The summed E-state index contributed by atoms with van der Waals surface area (Å²) in [5.41, 5.74) is 0.600. The van der Waals surface area contributed by atoms with Crippen LogP contribution in [0, 0.1) is 0 Å². The number of benzene rings is 1. The Morgan fingerprint density at radius 3 is 2.29 bits per heavy atom. The molecule has 0 heterocycles. The van der Waals surface area contributed by atoms with Gasteiger partial charge in [-0.1, -0.05) is 13.0 Å². The summed E-state index contributed by atoms with van der Waals surface area (Å²) in [6.07, 6.45) is 0.524. The van der Waals surface area contributed by atoms with Crippen molar-refractivity contribution in [3.8, 4) is 0 Å². The van der Waals surface area contributed by atoms with Gasteiger partial charge < -0.3 is 10.0 Å². The summed E-state index contributed by atoms with van der Waals surface area (Å²) in [6, 6.07) is 4.23. The predicted octanol–water partition coefficient (Wildman–Crippen LogP) is 1.13. The molecule has 0 fully saturated rings. The monoisotopic (exact) mass is 314 g/mol. The molecule has 0 atom stereocenters. The standard InChI is InChI=1S/C14H22N2O4S/c1-5-11-6-7-12(14(17)18)10-13(11)21(19,20)16(4)9-8-15(2)3/h6-7,10H,5,8-9H2,1-4H3,(H,17,18). The molecule has 0 saturated carbocycles. The molecule has 0 saturated heterocycles. The Bertz CT molecular complexity index is 611. The fourth-order valence-electron chi connectivity index (χ4n) is 1.85. The van der Waals surface area contributed by atoms with E-state index in [-0.39, 0.29) is 10.5 Å². The molecule has 0 radical (unpaired) electrons. The van der Waals surface area contributed by atoms with Crippen molar-refractivity contribution in [1.82, 2.24) is 9.21 Å². The summed E-state index contributed by atoms with van der Waals surface area (Å²) in [4.78, 5) is 13.0. The van der Waals surface area contributed by atoms with Crippen molar-refractivity contribution in [3.05, 3.63) is 29.3 Å². The number of hydrogen-bond donors (Lipinski definition) is 1. The van der Waals surface area contributed by atoms with Crippen LogP contribution >= 0.6 is 0 Å². The molecule has 0 aliphatic rings. The number of carboxylic acid groups (broad SMARTS) is 1. The molecular formula is C14H22N2O4S. The molecule has 0 amide bonds. The van der Waals surface area contributed by atoms with E-state index in [0.717, 1.165) is 0 Å². The smallest absolute Gasteiger partial charge is 0.335 e. The number of sulfonamides is 1. The maximum Gasteiger partial charge on any atom is 0.335 e. The number of likely N-dealkylation sites (N-methyl/N-ethyl adjacent to an activating group) is 2. The van der Waals surface area contributed by atoms with Gasteiger partial charge in [-0.2, -0.15) is 4.31 Å². The van der Waals surface area contributed by atoms with Crippen LogP contribution in [0.1, 0.15) is 22.8 Å². The van der Waals surface area contributed by atoms with Gasteiger partial charge in [0.15, 0.2) is 0 Å². The highest BCUT2D eigenvalue weighted by Gasteiger charge is 2.24. The Hall–Kier alpha value is -1.44. The Morgan fingerprint density at radius 2 is 1.81 bits per heavy atom. The van der Waals surface area contributed by atoms with Crippen molar-refractivity contribution in [2.45, 2.75) is 18.2 Å². The lowest BCUT2D eigenvalue weighted by Gasteiger charge is -2.21. The van der Waals surface area contributed by atoms with Crippen LogP contribution in [-0.4, -0.2) is 62.9 Å². The van der Waals surface area contributed by atoms with Crippen molar-refractivity contribution >= 4 is 16.0 Å². The van der Waals surface area contributed by atoms with Crippen LogP contribution in [0.2, 0.25) is 0 Å². The molecule has 1 rings (SSSR count). The second kappa shape index (κ2) is 7.02. The summed E-state index contributed by atoms with van der Waals surface area (Å²) >= 11 is 0. The number of carbonyl (C=O) groups is 1. The third kappa shape index (κ3) is 4.26. The zero-order valence-electron chi connectivity index (χ0n) is 12.8. The fraction of sp³-hybridized carbons (Fsp3) is 0.500. The summed E-state index contributed by atoms with van der Waals surface area (Å²) in [7, 11) is 1.54. The number of carboxylic acids is 1. The van der Waals surface area contributed by atoms with Crippen molar-refractivity contribution in [2.24, 2.45) is 0 Å². The van der Waals surface area contributed by atoms with Gasteiger partial charge >= 0.3 is 5.97 Å². The van der Waals surface area contributed by atoms with E-state index >= 15 is 0 Å². The summed E-state index contributed by atoms with van der Waals surface area (Å²) in [5.74, 6) is -1.13. The van der Waals surface area contributed by atoms with Crippen LogP contribution in [0.15, 0.2) is 23.1 Å². The van der Waals surface area contributed by atoms with Crippen molar-refractivity contribution < 1.29 is 18.3 Å². The molecule has 1 N–H and O–H groups in total. The first-order valence-electron chi connectivity index (χ1n) is 6.67. The molecule has 0 aliphatic carbocycles. The first-order valence-corrected chi connectivity index (χ1v) is 8.11.